The molecule has 3 rings (SSSR count). The van der Waals surface area contributed by atoms with Gasteiger partial charge in [-0.2, -0.15) is 8.42 Å². The van der Waals surface area contributed by atoms with Gasteiger partial charge >= 0.3 is 10.2 Å². The molecular formula is C15H21FN4O4S. The first-order valence-electron chi connectivity index (χ1n) is 8.18. The minimum absolute atomic E-state index is 0.0500. The molecule has 2 aliphatic rings. The van der Waals surface area contributed by atoms with E-state index in [-0.39, 0.29) is 6.04 Å². The summed E-state index contributed by atoms with van der Waals surface area (Å²) in [6, 6.07) is 1.25. The molecule has 0 radical (unpaired) electrons. The maximum Gasteiger partial charge on any atom is 0.326 e. The van der Waals surface area contributed by atoms with Gasteiger partial charge in [0.1, 0.15) is 18.0 Å². The molecular weight excluding hydrogens is 351 g/mol. The number of halogens is 1. The Hall–Kier alpha value is -2.07. The number of aromatic hydroxyl groups is 1. The Morgan fingerprint density at radius 2 is 2.24 bits per heavy atom. The summed E-state index contributed by atoms with van der Waals surface area (Å²) in [6.07, 6.45) is 2.49. The molecule has 0 bridgehead atoms. The molecule has 1 atom stereocenters. The van der Waals surface area contributed by atoms with Crippen molar-refractivity contribution in [1.29, 1.82) is 0 Å². The topological polar surface area (TPSA) is 111 Å². The minimum Gasteiger partial charge on any atom is -0.506 e. The third-order valence-electron chi connectivity index (χ3n) is 4.30. The molecule has 0 spiro atoms. The Labute approximate surface area is 145 Å². The van der Waals surface area contributed by atoms with Crippen LogP contribution in [0.5, 0.6) is 5.75 Å². The van der Waals surface area contributed by atoms with Crippen LogP contribution in [0.25, 0.3) is 0 Å². The largest absolute Gasteiger partial charge is 0.506 e. The first kappa shape index (κ1) is 17.7. The van der Waals surface area contributed by atoms with Crippen molar-refractivity contribution in [3.63, 3.8) is 0 Å². The maximum absolute atomic E-state index is 14.9. The van der Waals surface area contributed by atoms with E-state index in [9.17, 15) is 22.7 Å². The molecule has 138 valence electrons. The van der Waals surface area contributed by atoms with Gasteiger partial charge in [-0.1, -0.05) is 13.3 Å². The Balaban J connectivity index is 1.83. The van der Waals surface area contributed by atoms with E-state index in [1.165, 1.54) is 6.07 Å². The lowest BCUT2D eigenvalue weighted by Crippen LogP contribution is -2.31. The van der Waals surface area contributed by atoms with E-state index in [4.69, 9.17) is 0 Å². The van der Waals surface area contributed by atoms with E-state index in [0.717, 1.165) is 19.4 Å². The number of hydrogen-bond acceptors (Lipinski definition) is 6. The number of carbonyl (C=O) groups excluding carboxylic acids is 1. The van der Waals surface area contributed by atoms with E-state index in [0.29, 0.717) is 28.5 Å². The van der Waals surface area contributed by atoms with Crippen LogP contribution in [0.15, 0.2) is 6.07 Å². The van der Waals surface area contributed by atoms with Gasteiger partial charge in [0.2, 0.25) is 0 Å². The Morgan fingerprint density at radius 1 is 1.48 bits per heavy atom. The van der Waals surface area contributed by atoms with Gasteiger partial charge in [-0.3, -0.25) is 4.79 Å². The molecule has 10 heteroatoms. The second-order valence-electron chi connectivity index (χ2n) is 6.22. The van der Waals surface area contributed by atoms with Crippen molar-refractivity contribution in [2.75, 3.05) is 29.3 Å². The number of fused-ring (bicyclic) bond motifs is 1. The third kappa shape index (κ3) is 3.36. The van der Waals surface area contributed by atoms with E-state index >= 15 is 0 Å². The average molecular weight is 372 g/mol. The smallest absolute Gasteiger partial charge is 0.326 e. The van der Waals surface area contributed by atoms with Crippen molar-refractivity contribution in [2.24, 2.45) is 0 Å². The van der Waals surface area contributed by atoms with Crippen molar-refractivity contribution in [2.45, 2.75) is 32.2 Å². The van der Waals surface area contributed by atoms with Gasteiger partial charge in [0.05, 0.1) is 0 Å². The summed E-state index contributed by atoms with van der Waals surface area (Å²) in [6.45, 7) is 3.04. The highest BCUT2D eigenvalue weighted by molar-refractivity contribution is 7.92. The highest BCUT2D eigenvalue weighted by Crippen LogP contribution is 2.41. The number of phenols is 1. The van der Waals surface area contributed by atoms with Crippen LogP contribution in [-0.4, -0.2) is 45.1 Å². The fourth-order valence-electron chi connectivity index (χ4n) is 3.10. The van der Waals surface area contributed by atoms with Gasteiger partial charge in [-0.05, 0) is 19.4 Å². The predicted octanol–water partition coefficient (Wildman–Crippen LogP) is 0.439. The highest BCUT2D eigenvalue weighted by Gasteiger charge is 2.39. The lowest BCUT2D eigenvalue weighted by Gasteiger charge is -2.18. The molecule has 0 aromatic heterocycles. The number of phenolic OH excluding ortho intramolecular Hbond substituents is 1. The molecule has 1 aromatic carbocycles. The number of rotatable bonds is 6. The van der Waals surface area contributed by atoms with E-state index in [1.807, 2.05) is 0 Å². The number of hydrogen-bond donors (Lipinski definition) is 4. The van der Waals surface area contributed by atoms with Crippen molar-refractivity contribution in [3.8, 4) is 5.75 Å². The van der Waals surface area contributed by atoms with Crippen LogP contribution < -0.4 is 19.7 Å². The van der Waals surface area contributed by atoms with Gasteiger partial charge in [-0.25, -0.2) is 13.4 Å². The molecule has 0 aliphatic carbocycles. The molecule has 4 N–H and O–H groups in total. The zero-order chi connectivity index (χ0) is 18.2. The van der Waals surface area contributed by atoms with E-state index in [1.54, 1.807) is 4.72 Å². The quantitative estimate of drug-likeness (QED) is 0.539. The molecule has 25 heavy (non-hydrogen) atoms. The van der Waals surface area contributed by atoms with Gasteiger partial charge in [0.25, 0.3) is 5.91 Å². The lowest BCUT2D eigenvalue weighted by molar-refractivity contribution is -0.117. The zero-order valence-electron chi connectivity index (χ0n) is 13.8. The fraction of sp³-hybridized carbons (Fsp3) is 0.533. The van der Waals surface area contributed by atoms with Gasteiger partial charge in [0.15, 0.2) is 5.82 Å². The molecule has 8 nitrogen and oxygen atoms in total. The summed E-state index contributed by atoms with van der Waals surface area (Å²) in [5.74, 6) is -2.11. The van der Waals surface area contributed by atoms with Crippen LogP contribution in [0.1, 0.15) is 25.3 Å². The standard InChI is InChI=1S/C15H21FN4O4S/c1-2-3-4-17-7-9-5-10-11(18-9)6-12(21)15(14(10)16)20-8-13(22)19-25(20,23)24/h6,9,17-18,21H,2-5,7-8H2,1H3,(H,19,22)/t9-/m1/s1. The second-order valence-corrected chi connectivity index (χ2v) is 7.82. The summed E-state index contributed by atoms with van der Waals surface area (Å²) >= 11 is 0. The van der Waals surface area contributed by atoms with Crippen molar-refractivity contribution in [1.82, 2.24) is 10.0 Å². The van der Waals surface area contributed by atoms with Crippen molar-refractivity contribution >= 4 is 27.5 Å². The number of amides is 1. The predicted molar refractivity (Wildman–Crippen MR) is 91.4 cm³/mol. The Kier molecular flexibility index (Phi) is 4.74. The number of unbranched alkanes of at least 4 members (excludes halogenated alkanes) is 1. The van der Waals surface area contributed by atoms with Crippen LogP contribution in [0.2, 0.25) is 0 Å². The SMILES string of the molecule is CCCCNC[C@H]1Cc2c(cc(O)c(N3CC(=O)NS3(=O)=O)c2F)N1. The summed E-state index contributed by atoms with van der Waals surface area (Å²) < 4.78 is 41.1. The van der Waals surface area contributed by atoms with Gasteiger partial charge in [-0.15, -0.1) is 0 Å². The van der Waals surface area contributed by atoms with Gasteiger partial charge < -0.3 is 15.7 Å². The number of benzene rings is 1. The molecule has 0 saturated carbocycles. The highest BCUT2D eigenvalue weighted by atomic mass is 32.2. The zero-order valence-corrected chi connectivity index (χ0v) is 14.6. The summed E-state index contributed by atoms with van der Waals surface area (Å²) in [5.41, 5.74) is 0.264. The maximum atomic E-state index is 14.9. The van der Waals surface area contributed by atoms with Gasteiger partial charge in [0, 0.05) is 29.9 Å². The number of nitrogens with zero attached hydrogens (tertiary/aromatic N) is 1. The lowest BCUT2D eigenvalue weighted by atomic mass is 10.1. The number of anilines is 2. The van der Waals surface area contributed by atoms with E-state index in [2.05, 4.69) is 17.6 Å². The molecule has 1 fully saturated rings. The normalized spacial score (nSPS) is 21.1. The van der Waals surface area contributed by atoms with Crippen LogP contribution in [0, 0.1) is 5.82 Å². The van der Waals surface area contributed by atoms with Crippen LogP contribution >= 0.6 is 0 Å². The summed E-state index contributed by atoms with van der Waals surface area (Å²) in [7, 11) is -4.18. The van der Waals surface area contributed by atoms with Crippen LogP contribution in [0.4, 0.5) is 15.8 Å². The summed E-state index contributed by atoms with van der Waals surface area (Å²) in [4.78, 5) is 11.4. The minimum atomic E-state index is -4.18. The molecule has 0 unspecified atom stereocenters. The molecule has 2 aliphatic heterocycles. The molecule has 1 aromatic rings. The molecule has 1 amide bonds. The second kappa shape index (κ2) is 6.68. The van der Waals surface area contributed by atoms with Crippen LogP contribution in [-0.2, 0) is 21.4 Å². The monoisotopic (exact) mass is 372 g/mol. The van der Waals surface area contributed by atoms with Crippen molar-refractivity contribution < 1.29 is 22.7 Å². The summed E-state index contributed by atoms with van der Waals surface area (Å²) in [5, 5.41) is 16.5. The van der Waals surface area contributed by atoms with Crippen molar-refractivity contribution in [3.05, 3.63) is 17.4 Å². The first-order valence-corrected chi connectivity index (χ1v) is 9.62. The van der Waals surface area contributed by atoms with Crippen LogP contribution in [0.3, 0.4) is 0 Å². The number of carbonyl (C=O) groups is 1. The Bertz CT molecular complexity index is 799. The number of nitrogens with one attached hydrogen (secondary N) is 3. The van der Waals surface area contributed by atoms with E-state index < -0.39 is 39.9 Å². The Morgan fingerprint density at radius 3 is 2.88 bits per heavy atom. The molecule has 1 saturated heterocycles. The fourth-order valence-corrected chi connectivity index (χ4v) is 4.26. The first-order chi connectivity index (χ1) is 11.8. The average Bonchev–Trinajstić information content (AvgIpc) is 3.04. The molecule has 2 heterocycles. The third-order valence-corrected chi connectivity index (χ3v) is 5.68.